The molecule has 2 aromatic rings. The van der Waals surface area contributed by atoms with Crippen molar-refractivity contribution in [2.24, 2.45) is 0 Å². The van der Waals surface area contributed by atoms with Gasteiger partial charge in [-0.05, 0) is 18.2 Å². The Morgan fingerprint density at radius 3 is 2.29 bits per heavy atom. The van der Waals surface area contributed by atoms with Crippen molar-refractivity contribution in [1.82, 2.24) is 0 Å². The molecule has 0 aliphatic heterocycles. The molecule has 0 saturated carbocycles. The fraction of sp³-hybridized carbons (Fsp3) is 0.316. The van der Waals surface area contributed by atoms with E-state index in [-0.39, 0.29) is 6.42 Å². The fourth-order valence-electron chi connectivity index (χ4n) is 2.53. The molecular weight excluding hydrogens is 395 g/mol. The summed E-state index contributed by atoms with van der Waals surface area (Å²) in [5, 5.41) is 2.66. The van der Waals surface area contributed by atoms with Crippen LogP contribution in [0.4, 0.5) is 18.9 Å². The van der Waals surface area contributed by atoms with Crippen LogP contribution in [0.1, 0.15) is 5.56 Å². The van der Waals surface area contributed by atoms with Gasteiger partial charge in [-0.1, -0.05) is 18.2 Å². The quantitative estimate of drug-likeness (QED) is 0.641. The highest BCUT2D eigenvalue weighted by atomic mass is 32.2. The van der Waals surface area contributed by atoms with Crippen molar-refractivity contribution >= 4 is 23.4 Å². The van der Waals surface area contributed by atoms with E-state index in [1.807, 2.05) is 0 Å². The number of para-hydroxylation sites is 1. The van der Waals surface area contributed by atoms with E-state index in [1.165, 1.54) is 27.4 Å². The predicted molar refractivity (Wildman–Crippen MR) is 102 cm³/mol. The van der Waals surface area contributed by atoms with E-state index in [0.29, 0.717) is 45.2 Å². The predicted octanol–water partition coefficient (Wildman–Crippen LogP) is 4.55. The molecule has 1 amide bonds. The maximum atomic E-state index is 12.5. The van der Waals surface area contributed by atoms with Crippen molar-refractivity contribution in [2.45, 2.75) is 17.5 Å². The third-order valence-electron chi connectivity index (χ3n) is 3.69. The number of thioether (sulfide) groups is 1. The smallest absolute Gasteiger partial charge is 0.398 e. The molecule has 152 valence electrons. The number of hydrogen-bond acceptors (Lipinski definition) is 5. The summed E-state index contributed by atoms with van der Waals surface area (Å²) in [5.41, 5.74) is 0.874. The van der Waals surface area contributed by atoms with Crippen molar-refractivity contribution in [3.8, 4) is 17.2 Å². The minimum Gasteiger partial charge on any atom is -0.493 e. The first-order valence-electron chi connectivity index (χ1n) is 8.15. The molecule has 0 bridgehead atoms. The summed E-state index contributed by atoms with van der Waals surface area (Å²) in [6, 6.07) is 9.67. The maximum absolute atomic E-state index is 12.5. The van der Waals surface area contributed by atoms with Gasteiger partial charge in [0, 0.05) is 10.5 Å². The van der Waals surface area contributed by atoms with Gasteiger partial charge in [0.15, 0.2) is 11.5 Å². The first kappa shape index (κ1) is 21.7. The molecule has 0 fully saturated rings. The summed E-state index contributed by atoms with van der Waals surface area (Å²) in [6.45, 7) is 0. The Balaban J connectivity index is 2.17. The highest BCUT2D eigenvalue weighted by molar-refractivity contribution is 7.99. The molecule has 2 rings (SSSR count). The standard InChI is InChI=1S/C19H20F3NO4S/c1-25-14-9-8-12(17(26-2)18(14)27-3)10-16(24)23-13-6-4-5-7-15(13)28-11-19(20,21)22/h4-9H,10-11H2,1-3H3,(H,23,24). The fourth-order valence-corrected chi connectivity index (χ4v) is 3.29. The van der Waals surface area contributed by atoms with E-state index in [0.717, 1.165) is 0 Å². The molecule has 0 heterocycles. The molecule has 28 heavy (non-hydrogen) atoms. The third kappa shape index (κ3) is 5.72. The molecule has 5 nitrogen and oxygen atoms in total. The highest BCUT2D eigenvalue weighted by Gasteiger charge is 2.28. The van der Waals surface area contributed by atoms with E-state index in [9.17, 15) is 18.0 Å². The number of anilines is 1. The molecule has 1 N–H and O–H groups in total. The van der Waals surface area contributed by atoms with Crippen LogP contribution in [-0.2, 0) is 11.2 Å². The lowest BCUT2D eigenvalue weighted by atomic mass is 10.1. The second-order valence-electron chi connectivity index (χ2n) is 5.62. The van der Waals surface area contributed by atoms with E-state index in [4.69, 9.17) is 14.2 Å². The van der Waals surface area contributed by atoms with Crippen LogP contribution in [0.5, 0.6) is 17.2 Å². The summed E-state index contributed by atoms with van der Waals surface area (Å²) >= 11 is 0.620. The average Bonchev–Trinajstić information content (AvgIpc) is 2.66. The van der Waals surface area contributed by atoms with Crippen molar-refractivity contribution in [1.29, 1.82) is 0 Å². The van der Waals surface area contributed by atoms with Gasteiger partial charge in [0.05, 0.1) is 39.2 Å². The molecule has 0 atom stereocenters. The Morgan fingerprint density at radius 2 is 1.68 bits per heavy atom. The van der Waals surface area contributed by atoms with Crippen LogP contribution >= 0.6 is 11.8 Å². The maximum Gasteiger partial charge on any atom is 0.398 e. The molecule has 0 unspecified atom stereocenters. The van der Waals surface area contributed by atoms with Gasteiger partial charge in [0.1, 0.15) is 0 Å². The Bertz CT molecular complexity index is 827. The monoisotopic (exact) mass is 415 g/mol. The van der Waals surface area contributed by atoms with Gasteiger partial charge in [0.2, 0.25) is 11.7 Å². The number of nitrogens with one attached hydrogen (secondary N) is 1. The molecule has 0 radical (unpaired) electrons. The van der Waals surface area contributed by atoms with Crippen molar-refractivity contribution in [3.05, 3.63) is 42.0 Å². The van der Waals surface area contributed by atoms with Gasteiger partial charge in [-0.15, -0.1) is 11.8 Å². The van der Waals surface area contributed by atoms with Crippen molar-refractivity contribution < 1.29 is 32.2 Å². The number of methoxy groups -OCH3 is 3. The molecule has 0 aromatic heterocycles. The van der Waals surface area contributed by atoms with Crippen LogP contribution in [0.2, 0.25) is 0 Å². The van der Waals surface area contributed by atoms with E-state index < -0.39 is 17.8 Å². The van der Waals surface area contributed by atoms with Gasteiger partial charge in [-0.3, -0.25) is 4.79 Å². The lowest BCUT2D eigenvalue weighted by molar-refractivity contribution is -0.115. The van der Waals surface area contributed by atoms with Crippen LogP contribution in [-0.4, -0.2) is 39.2 Å². The number of alkyl halides is 3. The van der Waals surface area contributed by atoms with Gasteiger partial charge >= 0.3 is 6.18 Å². The molecule has 0 saturated heterocycles. The zero-order valence-electron chi connectivity index (χ0n) is 15.6. The van der Waals surface area contributed by atoms with Gasteiger partial charge in [-0.2, -0.15) is 13.2 Å². The number of hydrogen-bond donors (Lipinski definition) is 1. The molecule has 9 heteroatoms. The Morgan fingerprint density at radius 1 is 1.00 bits per heavy atom. The van der Waals surface area contributed by atoms with Crippen LogP contribution < -0.4 is 19.5 Å². The molecule has 2 aromatic carbocycles. The Labute approximate surface area is 165 Å². The lowest BCUT2D eigenvalue weighted by Gasteiger charge is -2.16. The van der Waals surface area contributed by atoms with Crippen molar-refractivity contribution in [3.63, 3.8) is 0 Å². The highest BCUT2D eigenvalue weighted by Crippen LogP contribution is 2.40. The zero-order valence-corrected chi connectivity index (χ0v) is 16.4. The van der Waals surface area contributed by atoms with E-state index >= 15 is 0 Å². The minimum atomic E-state index is -4.30. The number of carbonyl (C=O) groups is 1. The summed E-state index contributed by atoms with van der Waals surface area (Å²) < 4.78 is 53.3. The number of carbonyl (C=O) groups excluding carboxylic acids is 1. The van der Waals surface area contributed by atoms with Crippen LogP contribution in [0, 0.1) is 0 Å². The van der Waals surface area contributed by atoms with Crippen LogP contribution in [0.3, 0.4) is 0 Å². The number of benzene rings is 2. The molecule has 0 aliphatic rings. The number of ether oxygens (including phenoxy) is 3. The minimum absolute atomic E-state index is 0.0538. The number of amides is 1. The summed E-state index contributed by atoms with van der Waals surface area (Å²) in [6.07, 6.45) is -4.35. The molecular formula is C19H20F3NO4S. The Kier molecular flexibility index (Phi) is 7.45. The number of rotatable bonds is 8. The normalized spacial score (nSPS) is 11.1. The second-order valence-corrected chi connectivity index (χ2v) is 6.64. The van der Waals surface area contributed by atoms with Crippen molar-refractivity contribution in [2.75, 3.05) is 32.4 Å². The summed E-state index contributed by atoms with van der Waals surface area (Å²) in [5.74, 6) is -0.264. The van der Waals surface area contributed by atoms with E-state index in [2.05, 4.69) is 5.32 Å². The second kappa shape index (κ2) is 9.59. The lowest BCUT2D eigenvalue weighted by Crippen LogP contribution is -2.16. The van der Waals surface area contributed by atoms with Gasteiger partial charge in [-0.25, -0.2) is 0 Å². The van der Waals surface area contributed by atoms with Gasteiger partial charge < -0.3 is 19.5 Å². The first-order valence-corrected chi connectivity index (χ1v) is 9.14. The molecule has 0 aliphatic carbocycles. The van der Waals surface area contributed by atoms with Gasteiger partial charge in [0.25, 0.3) is 0 Å². The first-order chi connectivity index (χ1) is 13.3. The van der Waals surface area contributed by atoms with E-state index in [1.54, 1.807) is 30.3 Å². The van der Waals surface area contributed by atoms with Crippen LogP contribution in [0.15, 0.2) is 41.3 Å². The van der Waals surface area contributed by atoms with Crippen LogP contribution in [0.25, 0.3) is 0 Å². The summed E-state index contributed by atoms with van der Waals surface area (Å²) in [7, 11) is 4.39. The number of halogens is 3. The topological polar surface area (TPSA) is 56.8 Å². The molecule has 0 spiro atoms. The SMILES string of the molecule is COc1ccc(CC(=O)Nc2ccccc2SCC(F)(F)F)c(OC)c1OC. The Hall–Kier alpha value is -2.55. The zero-order chi connectivity index (χ0) is 20.7. The average molecular weight is 415 g/mol. The largest absolute Gasteiger partial charge is 0.493 e. The third-order valence-corrected chi connectivity index (χ3v) is 4.83. The summed E-state index contributed by atoms with van der Waals surface area (Å²) in [4.78, 5) is 12.8.